The van der Waals surface area contributed by atoms with Crippen LogP contribution in [-0.2, 0) is 21.4 Å². The molecule has 0 saturated carbocycles. The summed E-state index contributed by atoms with van der Waals surface area (Å²) >= 11 is 0. The van der Waals surface area contributed by atoms with Crippen LogP contribution in [0.4, 0.5) is 0 Å². The van der Waals surface area contributed by atoms with E-state index in [1.165, 1.54) is 26.4 Å². The Morgan fingerprint density at radius 1 is 0.958 bits per heavy atom. The van der Waals surface area contributed by atoms with E-state index < -0.39 is 10.0 Å². The average Bonchev–Trinajstić information content (AvgIpc) is 2.61. The molecular formula is C17H21NO5S. The minimum Gasteiger partial charge on any atom is -0.493 e. The molecule has 0 aliphatic heterocycles. The fourth-order valence-corrected chi connectivity index (χ4v) is 3.11. The molecule has 0 spiro atoms. The van der Waals surface area contributed by atoms with Gasteiger partial charge in [0.2, 0.25) is 10.0 Å². The van der Waals surface area contributed by atoms with Crippen molar-refractivity contribution in [1.29, 1.82) is 0 Å². The third kappa shape index (κ3) is 4.95. The largest absolute Gasteiger partial charge is 0.493 e. The summed E-state index contributed by atoms with van der Waals surface area (Å²) in [4.78, 5) is 0.114. The number of ether oxygens (including phenoxy) is 3. The molecule has 0 aliphatic rings. The summed E-state index contributed by atoms with van der Waals surface area (Å²) in [5, 5.41) is 0. The van der Waals surface area contributed by atoms with E-state index in [4.69, 9.17) is 14.2 Å². The first-order chi connectivity index (χ1) is 11.6. The zero-order valence-electron chi connectivity index (χ0n) is 13.7. The van der Waals surface area contributed by atoms with Gasteiger partial charge in [-0.05, 0) is 17.7 Å². The maximum Gasteiger partial charge on any atom is 0.240 e. The molecule has 0 atom stereocenters. The van der Waals surface area contributed by atoms with Crippen molar-refractivity contribution in [3.8, 4) is 11.5 Å². The van der Waals surface area contributed by atoms with Crippen LogP contribution in [0.5, 0.6) is 11.5 Å². The number of benzene rings is 2. The van der Waals surface area contributed by atoms with Gasteiger partial charge >= 0.3 is 0 Å². The molecule has 0 heterocycles. The van der Waals surface area contributed by atoms with Gasteiger partial charge in [-0.25, -0.2) is 13.1 Å². The molecule has 0 saturated heterocycles. The summed E-state index contributed by atoms with van der Waals surface area (Å²) in [6.45, 7) is 0.907. The average molecular weight is 351 g/mol. The Morgan fingerprint density at radius 2 is 1.67 bits per heavy atom. The highest BCUT2D eigenvalue weighted by molar-refractivity contribution is 7.89. The van der Waals surface area contributed by atoms with Crippen LogP contribution < -0.4 is 14.2 Å². The first kappa shape index (κ1) is 18.3. The van der Waals surface area contributed by atoms with Gasteiger partial charge in [-0.15, -0.1) is 0 Å². The molecule has 2 aromatic carbocycles. The van der Waals surface area contributed by atoms with Crippen molar-refractivity contribution < 1.29 is 22.6 Å². The molecule has 6 nitrogen and oxygen atoms in total. The molecule has 0 radical (unpaired) electrons. The SMILES string of the molecule is COc1ccc(S(=O)(=O)NCCOCc2ccccc2)cc1OC. The summed E-state index contributed by atoms with van der Waals surface area (Å²) in [6, 6.07) is 14.1. The third-order valence-electron chi connectivity index (χ3n) is 3.32. The second-order valence-corrected chi connectivity index (χ2v) is 6.72. The summed E-state index contributed by atoms with van der Waals surface area (Å²) in [6.07, 6.45) is 0. The zero-order valence-corrected chi connectivity index (χ0v) is 14.5. The number of nitrogens with one attached hydrogen (secondary N) is 1. The van der Waals surface area contributed by atoms with Crippen LogP contribution in [0, 0.1) is 0 Å². The zero-order chi connectivity index (χ0) is 17.4. The maximum absolute atomic E-state index is 12.3. The predicted octanol–water partition coefficient (Wildman–Crippen LogP) is 2.20. The Morgan fingerprint density at radius 3 is 2.33 bits per heavy atom. The standard InChI is InChI=1S/C17H21NO5S/c1-21-16-9-8-15(12-17(16)22-2)24(19,20)18-10-11-23-13-14-6-4-3-5-7-14/h3-9,12,18H,10-11,13H2,1-2H3. The topological polar surface area (TPSA) is 73.9 Å². The van der Waals surface area contributed by atoms with E-state index in [1.807, 2.05) is 30.3 Å². The number of methoxy groups -OCH3 is 2. The lowest BCUT2D eigenvalue weighted by Gasteiger charge is -2.11. The van der Waals surface area contributed by atoms with Crippen LogP contribution in [0.1, 0.15) is 5.56 Å². The van der Waals surface area contributed by atoms with Crippen molar-refractivity contribution in [2.75, 3.05) is 27.4 Å². The molecule has 0 fully saturated rings. The van der Waals surface area contributed by atoms with Crippen molar-refractivity contribution in [3.63, 3.8) is 0 Å². The quantitative estimate of drug-likeness (QED) is 0.701. The van der Waals surface area contributed by atoms with E-state index >= 15 is 0 Å². The smallest absolute Gasteiger partial charge is 0.240 e. The van der Waals surface area contributed by atoms with Gasteiger partial charge in [-0.3, -0.25) is 0 Å². The number of sulfonamides is 1. The van der Waals surface area contributed by atoms with Gasteiger partial charge in [0.25, 0.3) is 0 Å². The first-order valence-electron chi connectivity index (χ1n) is 7.40. The van der Waals surface area contributed by atoms with E-state index in [-0.39, 0.29) is 18.0 Å². The fourth-order valence-electron chi connectivity index (χ4n) is 2.08. The summed E-state index contributed by atoms with van der Waals surface area (Å²) in [5.41, 5.74) is 1.04. The Kier molecular flexibility index (Phi) is 6.60. The van der Waals surface area contributed by atoms with Crippen molar-refractivity contribution in [3.05, 3.63) is 54.1 Å². The number of rotatable bonds is 9. The van der Waals surface area contributed by atoms with Crippen LogP contribution in [-0.4, -0.2) is 35.8 Å². The lowest BCUT2D eigenvalue weighted by Crippen LogP contribution is -2.27. The molecule has 1 N–H and O–H groups in total. The molecule has 2 aromatic rings. The lowest BCUT2D eigenvalue weighted by molar-refractivity contribution is 0.126. The molecule has 0 bridgehead atoms. The molecule has 0 amide bonds. The summed E-state index contributed by atoms with van der Waals surface area (Å²) in [5.74, 6) is 0.836. The van der Waals surface area contributed by atoms with Gasteiger partial charge in [0.1, 0.15) is 0 Å². The molecule has 24 heavy (non-hydrogen) atoms. The van der Waals surface area contributed by atoms with Crippen LogP contribution >= 0.6 is 0 Å². The molecule has 130 valence electrons. The maximum atomic E-state index is 12.3. The van der Waals surface area contributed by atoms with Crippen LogP contribution in [0.2, 0.25) is 0 Å². The van der Waals surface area contributed by atoms with E-state index in [2.05, 4.69) is 4.72 Å². The monoisotopic (exact) mass is 351 g/mol. The van der Waals surface area contributed by atoms with Gasteiger partial charge in [-0.1, -0.05) is 30.3 Å². The van der Waals surface area contributed by atoms with Crippen molar-refractivity contribution >= 4 is 10.0 Å². The van der Waals surface area contributed by atoms with Crippen LogP contribution in [0.15, 0.2) is 53.4 Å². The van der Waals surface area contributed by atoms with Crippen molar-refractivity contribution in [2.45, 2.75) is 11.5 Å². The molecule has 0 aromatic heterocycles. The van der Waals surface area contributed by atoms with E-state index in [9.17, 15) is 8.42 Å². The van der Waals surface area contributed by atoms with Gasteiger partial charge in [-0.2, -0.15) is 0 Å². The highest BCUT2D eigenvalue weighted by Crippen LogP contribution is 2.29. The van der Waals surface area contributed by atoms with Gasteiger partial charge in [0.05, 0.1) is 32.3 Å². The van der Waals surface area contributed by atoms with E-state index in [1.54, 1.807) is 6.07 Å². The highest BCUT2D eigenvalue weighted by Gasteiger charge is 2.16. The Balaban J connectivity index is 1.87. The Hall–Kier alpha value is -2.09. The fraction of sp³-hybridized carbons (Fsp3) is 0.294. The molecule has 7 heteroatoms. The lowest BCUT2D eigenvalue weighted by atomic mass is 10.2. The van der Waals surface area contributed by atoms with Gasteiger partial charge in [0, 0.05) is 12.6 Å². The number of hydrogen-bond donors (Lipinski definition) is 1. The first-order valence-corrected chi connectivity index (χ1v) is 8.88. The summed E-state index contributed by atoms with van der Waals surface area (Å²) < 4.78 is 42.7. The molecule has 2 rings (SSSR count). The highest BCUT2D eigenvalue weighted by atomic mass is 32.2. The summed E-state index contributed by atoms with van der Waals surface area (Å²) in [7, 11) is -0.677. The van der Waals surface area contributed by atoms with Gasteiger partial charge in [0.15, 0.2) is 11.5 Å². The second-order valence-electron chi connectivity index (χ2n) is 4.95. The van der Waals surface area contributed by atoms with E-state index in [0.29, 0.717) is 18.1 Å². The molecule has 0 unspecified atom stereocenters. The van der Waals surface area contributed by atoms with Crippen molar-refractivity contribution in [1.82, 2.24) is 4.72 Å². The third-order valence-corrected chi connectivity index (χ3v) is 4.77. The number of hydrogen-bond acceptors (Lipinski definition) is 5. The Bertz CT molecular complexity index is 747. The van der Waals surface area contributed by atoms with Crippen molar-refractivity contribution in [2.24, 2.45) is 0 Å². The normalized spacial score (nSPS) is 11.2. The minimum atomic E-state index is -3.63. The molecular weight excluding hydrogens is 330 g/mol. The second kappa shape index (κ2) is 8.68. The van der Waals surface area contributed by atoms with Crippen LogP contribution in [0.3, 0.4) is 0 Å². The van der Waals surface area contributed by atoms with Gasteiger partial charge < -0.3 is 14.2 Å². The minimum absolute atomic E-state index is 0.114. The Labute approximate surface area is 142 Å². The molecule has 0 aliphatic carbocycles. The van der Waals surface area contributed by atoms with Crippen LogP contribution in [0.25, 0.3) is 0 Å². The predicted molar refractivity (Wildman–Crippen MR) is 90.8 cm³/mol. The van der Waals surface area contributed by atoms with E-state index in [0.717, 1.165) is 5.56 Å².